The molecule has 2 bridgehead atoms. The van der Waals surface area contributed by atoms with Crippen molar-refractivity contribution < 1.29 is 0 Å². The molecule has 0 aliphatic carbocycles. The first-order chi connectivity index (χ1) is 9.13. The predicted octanol–water partition coefficient (Wildman–Crippen LogP) is 2.23. The van der Waals surface area contributed by atoms with Crippen molar-refractivity contribution in [2.24, 2.45) is 5.92 Å². The van der Waals surface area contributed by atoms with Crippen LogP contribution in [0.2, 0.25) is 0 Å². The van der Waals surface area contributed by atoms with E-state index in [4.69, 9.17) is 0 Å². The standard InChI is InChI=1S/C16H22N2O/c1-12(2)6-7-17-9-13-8-14(11-17)15-4-3-5-16(19)18(15)10-13/h3-6,13-14H,7-11H2,1-2H3/t13-,14+/m0/s1. The summed E-state index contributed by atoms with van der Waals surface area (Å²) in [5.74, 6) is 1.17. The lowest BCUT2D eigenvalue weighted by atomic mass is 9.83. The number of hydrogen-bond acceptors (Lipinski definition) is 2. The Bertz CT molecular complexity index is 554. The number of aromatic nitrogens is 1. The number of rotatable bonds is 2. The fourth-order valence-corrected chi connectivity index (χ4v) is 3.46. The second-order valence-corrected chi connectivity index (χ2v) is 6.20. The fourth-order valence-electron chi connectivity index (χ4n) is 3.46. The molecule has 0 unspecified atom stereocenters. The number of nitrogens with zero attached hydrogens (tertiary/aromatic N) is 2. The molecule has 2 aliphatic heterocycles. The Morgan fingerprint density at radius 3 is 2.95 bits per heavy atom. The normalized spacial score (nSPS) is 25.8. The van der Waals surface area contributed by atoms with Gasteiger partial charge in [0.1, 0.15) is 0 Å². The fraction of sp³-hybridized carbons (Fsp3) is 0.562. The summed E-state index contributed by atoms with van der Waals surface area (Å²) in [5, 5.41) is 0. The minimum absolute atomic E-state index is 0.171. The number of hydrogen-bond donors (Lipinski definition) is 0. The van der Waals surface area contributed by atoms with E-state index in [9.17, 15) is 4.79 Å². The summed E-state index contributed by atoms with van der Waals surface area (Å²) in [6, 6.07) is 5.72. The molecule has 0 saturated carbocycles. The maximum atomic E-state index is 11.9. The second-order valence-electron chi connectivity index (χ2n) is 6.20. The van der Waals surface area contributed by atoms with E-state index in [2.05, 4.69) is 30.9 Å². The number of likely N-dealkylation sites (tertiary alicyclic amines) is 1. The van der Waals surface area contributed by atoms with Gasteiger partial charge in [-0.1, -0.05) is 17.7 Å². The van der Waals surface area contributed by atoms with Crippen molar-refractivity contribution in [2.75, 3.05) is 19.6 Å². The van der Waals surface area contributed by atoms with Crippen molar-refractivity contribution in [3.8, 4) is 0 Å². The van der Waals surface area contributed by atoms with E-state index >= 15 is 0 Å². The van der Waals surface area contributed by atoms with Crippen LogP contribution in [0, 0.1) is 5.92 Å². The average molecular weight is 258 g/mol. The Labute approximate surface area is 114 Å². The Hall–Kier alpha value is -1.35. The van der Waals surface area contributed by atoms with Crippen molar-refractivity contribution in [3.63, 3.8) is 0 Å². The van der Waals surface area contributed by atoms with Gasteiger partial charge >= 0.3 is 0 Å². The van der Waals surface area contributed by atoms with Gasteiger partial charge in [-0.15, -0.1) is 0 Å². The summed E-state index contributed by atoms with van der Waals surface area (Å²) in [7, 11) is 0. The smallest absolute Gasteiger partial charge is 0.250 e. The zero-order valence-corrected chi connectivity index (χ0v) is 11.8. The van der Waals surface area contributed by atoms with Crippen LogP contribution < -0.4 is 5.56 Å². The quantitative estimate of drug-likeness (QED) is 0.760. The van der Waals surface area contributed by atoms with Crippen LogP contribution in [0.5, 0.6) is 0 Å². The molecule has 0 aromatic carbocycles. The van der Waals surface area contributed by atoms with Crippen LogP contribution in [0.25, 0.3) is 0 Å². The number of fused-ring (bicyclic) bond motifs is 4. The number of allylic oxidation sites excluding steroid dienone is 1. The van der Waals surface area contributed by atoms with Crippen molar-refractivity contribution in [2.45, 2.75) is 32.7 Å². The Kier molecular flexibility index (Phi) is 3.31. The minimum atomic E-state index is 0.171. The third-order valence-electron chi connectivity index (χ3n) is 4.31. The predicted molar refractivity (Wildman–Crippen MR) is 77.4 cm³/mol. The summed E-state index contributed by atoms with van der Waals surface area (Å²) in [6.45, 7) is 8.47. The molecular weight excluding hydrogens is 236 g/mol. The van der Waals surface area contributed by atoms with Gasteiger partial charge in [-0.3, -0.25) is 9.69 Å². The van der Waals surface area contributed by atoms with Crippen LogP contribution in [0.4, 0.5) is 0 Å². The van der Waals surface area contributed by atoms with Crippen LogP contribution in [0.1, 0.15) is 31.9 Å². The molecule has 19 heavy (non-hydrogen) atoms. The third kappa shape index (κ3) is 2.52. The first kappa shape index (κ1) is 12.7. The molecule has 3 heteroatoms. The van der Waals surface area contributed by atoms with E-state index in [1.807, 2.05) is 10.6 Å². The highest BCUT2D eigenvalue weighted by molar-refractivity contribution is 5.17. The zero-order valence-electron chi connectivity index (χ0n) is 11.8. The SMILES string of the molecule is CC(C)=CCN1C[C@@H]2C[C@H](C1)c1cccc(=O)n1C2. The van der Waals surface area contributed by atoms with E-state index in [1.54, 1.807) is 6.07 Å². The van der Waals surface area contributed by atoms with Gasteiger partial charge in [0.25, 0.3) is 5.56 Å². The molecule has 3 nitrogen and oxygen atoms in total. The van der Waals surface area contributed by atoms with Crippen molar-refractivity contribution >= 4 is 0 Å². The molecule has 2 aliphatic rings. The summed E-state index contributed by atoms with van der Waals surface area (Å²) in [5.41, 5.74) is 2.79. The molecule has 1 fully saturated rings. The summed E-state index contributed by atoms with van der Waals surface area (Å²) in [6.07, 6.45) is 3.55. The van der Waals surface area contributed by atoms with Gasteiger partial charge in [0.2, 0.25) is 0 Å². The Morgan fingerprint density at radius 1 is 1.32 bits per heavy atom. The van der Waals surface area contributed by atoms with Gasteiger partial charge in [-0.05, 0) is 32.3 Å². The summed E-state index contributed by atoms with van der Waals surface area (Å²) >= 11 is 0. The van der Waals surface area contributed by atoms with Crippen molar-refractivity contribution in [1.82, 2.24) is 9.47 Å². The van der Waals surface area contributed by atoms with Gasteiger partial charge in [-0.2, -0.15) is 0 Å². The molecule has 0 N–H and O–H groups in total. The second kappa shape index (κ2) is 4.97. The highest BCUT2D eigenvalue weighted by Gasteiger charge is 2.33. The molecule has 1 aromatic heterocycles. The number of pyridine rings is 1. The van der Waals surface area contributed by atoms with Gasteiger partial charge in [0.15, 0.2) is 0 Å². The van der Waals surface area contributed by atoms with Crippen LogP contribution in [-0.2, 0) is 6.54 Å². The topological polar surface area (TPSA) is 25.2 Å². The molecule has 102 valence electrons. The first-order valence-corrected chi connectivity index (χ1v) is 7.19. The van der Waals surface area contributed by atoms with Crippen molar-refractivity contribution in [1.29, 1.82) is 0 Å². The van der Waals surface area contributed by atoms with E-state index in [0.29, 0.717) is 11.8 Å². The van der Waals surface area contributed by atoms with Crippen LogP contribution in [0.15, 0.2) is 34.6 Å². The molecule has 0 radical (unpaired) electrons. The molecule has 1 saturated heterocycles. The lowest BCUT2D eigenvalue weighted by molar-refractivity contribution is 0.131. The van der Waals surface area contributed by atoms with E-state index in [1.165, 1.54) is 17.7 Å². The zero-order chi connectivity index (χ0) is 13.4. The first-order valence-electron chi connectivity index (χ1n) is 7.19. The number of piperidine rings is 1. The van der Waals surface area contributed by atoms with Gasteiger partial charge in [0, 0.05) is 43.9 Å². The van der Waals surface area contributed by atoms with Gasteiger partial charge < -0.3 is 4.57 Å². The largest absolute Gasteiger partial charge is 0.312 e. The highest BCUT2D eigenvalue weighted by Crippen LogP contribution is 2.34. The monoisotopic (exact) mass is 258 g/mol. The molecule has 0 spiro atoms. The van der Waals surface area contributed by atoms with Crippen LogP contribution in [0.3, 0.4) is 0 Å². The molecule has 3 rings (SSSR count). The minimum Gasteiger partial charge on any atom is -0.312 e. The average Bonchev–Trinajstić information content (AvgIpc) is 2.38. The maximum absolute atomic E-state index is 11.9. The van der Waals surface area contributed by atoms with Gasteiger partial charge in [0.05, 0.1) is 0 Å². The third-order valence-corrected chi connectivity index (χ3v) is 4.31. The molecule has 0 amide bonds. The summed E-state index contributed by atoms with van der Waals surface area (Å²) in [4.78, 5) is 14.5. The highest BCUT2D eigenvalue weighted by atomic mass is 16.1. The maximum Gasteiger partial charge on any atom is 0.250 e. The molecular formula is C16H22N2O. The lowest BCUT2D eigenvalue weighted by Crippen LogP contribution is -2.47. The molecule has 1 aromatic rings. The Morgan fingerprint density at radius 2 is 2.16 bits per heavy atom. The van der Waals surface area contributed by atoms with E-state index in [-0.39, 0.29) is 5.56 Å². The van der Waals surface area contributed by atoms with Crippen LogP contribution >= 0.6 is 0 Å². The molecule has 2 atom stereocenters. The lowest BCUT2D eigenvalue weighted by Gasteiger charge is -2.42. The van der Waals surface area contributed by atoms with Gasteiger partial charge in [-0.25, -0.2) is 0 Å². The molecule has 3 heterocycles. The van der Waals surface area contributed by atoms with Crippen molar-refractivity contribution in [3.05, 3.63) is 45.9 Å². The van der Waals surface area contributed by atoms with E-state index < -0.39 is 0 Å². The Balaban J connectivity index is 1.84. The van der Waals surface area contributed by atoms with E-state index in [0.717, 1.165) is 26.2 Å². The van der Waals surface area contributed by atoms with Crippen LogP contribution in [-0.4, -0.2) is 29.1 Å². The summed E-state index contributed by atoms with van der Waals surface area (Å²) < 4.78 is 2.00.